The van der Waals surface area contributed by atoms with Crippen LogP contribution in [-0.4, -0.2) is 18.6 Å². The van der Waals surface area contributed by atoms with Gasteiger partial charge in [-0.3, -0.25) is 5.10 Å². The predicted octanol–water partition coefficient (Wildman–Crippen LogP) is 5.09. The minimum Gasteiger partial charge on any atom is -0.275 e. The number of benzene rings is 2. The molecule has 25 heavy (non-hydrogen) atoms. The molecule has 0 fully saturated rings. The molecule has 0 bridgehead atoms. The highest BCUT2D eigenvalue weighted by molar-refractivity contribution is 7.91. The van der Waals surface area contributed by atoms with Crippen molar-refractivity contribution in [3.8, 4) is 11.3 Å². The van der Waals surface area contributed by atoms with Crippen molar-refractivity contribution in [3.05, 3.63) is 64.5 Å². The zero-order valence-corrected chi connectivity index (χ0v) is 15.5. The summed E-state index contributed by atoms with van der Waals surface area (Å²) in [5, 5.41) is 9.77. The van der Waals surface area contributed by atoms with E-state index < -0.39 is 9.84 Å². The molecule has 0 aliphatic rings. The number of hydrogen-bond donors (Lipinski definition) is 1. The van der Waals surface area contributed by atoms with Crippen molar-refractivity contribution in [3.63, 3.8) is 0 Å². The summed E-state index contributed by atoms with van der Waals surface area (Å²) < 4.78 is 26.8. The van der Waals surface area contributed by atoms with Gasteiger partial charge in [0, 0.05) is 15.6 Å². The average Bonchev–Trinajstić information content (AvgIpc) is 3.21. The van der Waals surface area contributed by atoms with E-state index in [4.69, 9.17) is 11.6 Å². The van der Waals surface area contributed by atoms with Crippen LogP contribution < -0.4 is 0 Å². The maximum absolute atomic E-state index is 12.9. The summed E-state index contributed by atoms with van der Waals surface area (Å²) >= 11 is 8.04. The van der Waals surface area contributed by atoms with Crippen LogP contribution in [0.3, 0.4) is 0 Å². The Hall–Kier alpha value is -2.15. The van der Waals surface area contributed by atoms with Gasteiger partial charge in [0.1, 0.15) is 5.02 Å². The molecule has 7 heteroatoms. The molecule has 0 radical (unpaired) electrons. The van der Waals surface area contributed by atoms with Crippen LogP contribution in [0.15, 0.2) is 63.8 Å². The zero-order chi connectivity index (χ0) is 17.6. The molecule has 2 heterocycles. The van der Waals surface area contributed by atoms with Crippen molar-refractivity contribution < 1.29 is 8.42 Å². The minimum absolute atomic E-state index is 0.110. The highest BCUT2D eigenvalue weighted by Gasteiger charge is 2.27. The van der Waals surface area contributed by atoms with Gasteiger partial charge in [-0.1, -0.05) is 41.4 Å². The molecule has 4 aromatic rings. The van der Waals surface area contributed by atoms with E-state index in [9.17, 15) is 8.42 Å². The van der Waals surface area contributed by atoms with Gasteiger partial charge in [0.2, 0.25) is 14.9 Å². The van der Waals surface area contributed by atoms with Crippen LogP contribution in [0, 0.1) is 6.92 Å². The molecular formula is C18H13ClN2O2S2. The molecule has 0 atom stereocenters. The zero-order valence-electron chi connectivity index (χ0n) is 13.2. The van der Waals surface area contributed by atoms with Crippen molar-refractivity contribution in [1.82, 2.24) is 10.2 Å². The van der Waals surface area contributed by atoms with Crippen LogP contribution in [0.25, 0.3) is 21.3 Å². The van der Waals surface area contributed by atoms with E-state index >= 15 is 0 Å². The van der Waals surface area contributed by atoms with Gasteiger partial charge in [-0.05, 0) is 36.6 Å². The summed E-state index contributed by atoms with van der Waals surface area (Å²) in [5.41, 5.74) is 2.33. The smallest absolute Gasteiger partial charge is 0.227 e. The van der Waals surface area contributed by atoms with Gasteiger partial charge in [0.25, 0.3) is 0 Å². The molecule has 0 saturated heterocycles. The van der Waals surface area contributed by atoms with Crippen LogP contribution in [0.1, 0.15) is 5.56 Å². The number of sulfone groups is 1. The lowest BCUT2D eigenvalue weighted by Crippen LogP contribution is -2.03. The molecule has 126 valence electrons. The Morgan fingerprint density at radius 1 is 1.08 bits per heavy atom. The first-order chi connectivity index (χ1) is 12.0. The second-order valence-electron chi connectivity index (χ2n) is 5.67. The van der Waals surface area contributed by atoms with Crippen molar-refractivity contribution in [2.45, 2.75) is 16.8 Å². The number of aryl methyl sites for hydroxylation is 1. The Bertz CT molecular complexity index is 1180. The fraction of sp³-hybridized carbons (Fsp3) is 0.0556. The molecule has 1 N–H and O–H groups in total. The largest absolute Gasteiger partial charge is 0.275 e. The number of thiophene rings is 1. The van der Waals surface area contributed by atoms with E-state index in [1.807, 2.05) is 36.6 Å². The van der Waals surface area contributed by atoms with E-state index in [0.717, 1.165) is 21.2 Å². The van der Waals surface area contributed by atoms with Crippen LogP contribution in [0.2, 0.25) is 5.02 Å². The van der Waals surface area contributed by atoms with E-state index in [1.54, 1.807) is 35.6 Å². The highest BCUT2D eigenvalue weighted by atomic mass is 35.5. The Morgan fingerprint density at radius 3 is 2.60 bits per heavy atom. The van der Waals surface area contributed by atoms with Crippen molar-refractivity contribution in [2.75, 3.05) is 0 Å². The molecule has 0 spiro atoms. The van der Waals surface area contributed by atoms with Crippen molar-refractivity contribution in [1.29, 1.82) is 0 Å². The average molecular weight is 389 g/mol. The number of halogens is 1. The maximum Gasteiger partial charge on any atom is 0.227 e. The number of rotatable bonds is 3. The summed E-state index contributed by atoms with van der Waals surface area (Å²) in [6, 6.07) is 14.4. The second kappa shape index (κ2) is 5.98. The van der Waals surface area contributed by atoms with Gasteiger partial charge in [-0.15, -0.1) is 11.3 Å². The van der Waals surface area contributed by atoms with Crippen molar-refractivity contribution in [2.24, 2.45) is 0 Å². The third-order valence-electron chi connectivity index (χ3n) is 4.03. The predicted molar refractivity (Wildman–Crippen MR) is 101 cm³/mol. The Balaban J connectivity index is 1.87. The lowest BCUT2D eigenvalue weighted by Gasteiger charge is -2.03. The normalized spacial score (nSPS) is 11.9. The first kappa shape index (κ1) is 16.3. The molecule has 0 aliphatic heterocycles. The third-order valence-corrected chi connectivity index (χ3v) is 7.09. The Labute approximate surface area is 154 Å². The van der Waals surface area contributed by atoms with Crippen LogP contribution >= 0.6 is 22.9 Å². The van der Waals surface area contributed by atoms with E-state index in [0.29, 0.717) is 5.69 Å². The molecule has 0 unspecified atom stereocenters. The van der Waals surface area contributed by atoms with E-state index in [1.165, 1.54) is 0 Å². The quantitative estimate of drug-likeness (QED) is 0.532. The SMILES string of the molecule is Cc1ccc(S(=O)(=O)c2n[nH]c(-c3cccc4sccc34)c2Cl)cc1. The maximum atomic E-state index is 12.9. The first-order valence-electron chi connectivity index (χ1n) is 7.50. The monoisotopic (exact) mass is 388 g/mol. The second-order valence-corrected chi connectivity index (χ2v) is 8.86. The van der Waals surface area contributed by atoms with Gasteiger partial charge in [-0.25, -0.2) is 8.42 Å². The molecule has 2 aromatic carbocycles. The lowest BCUT2D eigenvalue weighted by molar-refractivity contribution is 0.592. The number of aromatic nitrogens is 2. The van der Waals surface area contributed by atoms with E-state index in [-0.39, 0.29) is 14.9 Å². The first-order valence-corrected chi connectivity index (χ1v) is 10.2. The number of nitrogens with zero attached hydrogens (tertiary/aromatic N) is 1. The number of H-pyrrole nitrogens is 1. The molecule has 4 nitrogen and oxygen atoms in total. The molecule has 0 aliphatic carbocycles. The van der Waals surface area contributed by atoms with Gasteiger partial charge in [0.05, 0.1) is 10.6 Å². The van der Waals surface area contributed by atoms with Crippen LogP contribution in [0.4, 0.5) is 0 Å². The molecule has 4 rings (SSSR count). The number of fused-ring (bicyclic) bond motifs is 1. The van der Waals surface area contributed by atoms with Gasteiger partial charge >= 0.3 is 0 Å². The lowest BCUT2D eigenvalue weighted by atomic mass is 10.1. The summed E-state index contributed by atoms with van der Waals surface area (Å²) in [6.07, 6.45) is 0. The Kier molecular flexibility index (Phi) is 3.91. The summed E-state index contributed by atoms with van der Waals surface area (Å²) in [7, 11) is -3.79. The highest BCUT2D eigenvalue weighted by Crippen LogP contribution is 2.38. The number of aromatic amines is 1. The Morgan fingerprint density at radius 2 is 1.84 bits per heavy atom. The molecule has 2 aromatic heterocycles. The number of hydrogen-bond acceptors (Lipinski definition) is 4. The summed E-state index contributed by atoms with van der Waals surface area (Å²) in [4.78, 5) is 0.173. The van der Waals surface area contributed by atoms with Crippen molar-refractivity contribution >= 4 is 42.9 Å². The fourth-order valence-electron chi connectivity index (χ4n) is 2.71. The topological polar surface area (TPSA) is 62.8 Å². The fourth-order valence-corrected chi connectivity index (χ4v) is 5.23. The van der Waals surface area contributed by atoms with Gasteiger partial charge in [0.15, 0.2) is 0 Å². The van der Waals surface area contributed by atoms with Gasteiger partial charge < -0.3 is 0 Å². The van der Waals surface area contributed by atoms with E-state index in [2.05, 4.69) is 10.2 Å². The standard InChI is InChI=1S/C18H13ClN2O2S2/c1-11-5-7-12(8-6-11)25(22,23)18-16(19)17(20-21-18)14-3-2-4-15-13(14)9-10-24-15/h2-10H,1H3,(H,20,21). The summed E-state index contributed by atoms with van der Waals surface area (Å²) in [6.45, 7) is 1.90. The number of nitrogens with one attached hydrogen (secondary N) is 1. The molecule has 0 amide bonds. The summed E-state index contributed by atoms with van der Waals surface area (Å²) in [5.74, 6) is 0. The third kappa shape index (κ3) is 2.66. The molecule has 0 saturated carbocycles. The van der Waals surface area contributed by atoms with Gasteiger partial charge in [-0.2, -0.15) is 5.10 Å². The van der Waals surface area contributed by atoms with Crippen LogP contribution in [-0.2, 0) is 9.84 Å². The van der Waals surface area contributed by atoms with Crippen LogP contribution in [0.5, 0.6) is 0 Å². The minimum atomic E-state index is -3.79. The molecular weight excluding hydrogens is 376 g/mol.